The van der Waals surface area contributed by atoms with Crippen molar-refractivity contribution in [3.8, 4) is 16.3 Å². The molecule has 0 spiro atoms. The van der Waals surface area contributed by atoms with Crippen molar-refractivity contribution < 1.29 is 4.74 Å². The van der Waals surface area contributed by atoms with Crippen LogP contribution in [0.5, 0.6) is 5.88 Å². The Balaban J connectivity index is 2.48. The highest BCUT2D eigenvalue weighted by Crippen LogP contribution is 2.32. The van der Waals surface area contributed by atoms with Crippen LogP contribution < -0.4 is 4.74 Å². The molecule has 0 aliphatic carbocycles. The van der Waals surface area contributed by atoms with Crippen LogP contribution in [0.3, 0.4) is 0 Å². The first kappa shape index (κ1) is 10.9. The van der Waals surface area contributed by atoms with E-state index < -0.39 is 0 Å². The van der Waals surface area contributed by atoms with E-state index in [1.54, 1.807) is 18.4 Å². The molecule has 0 saturated carbocycles. The zero-order valence-electron chi connectivity index (χ0n) is 7.83. The second-order valence-electron chi connectivity index (χ2n) is 2.85. The fourth-order valence-electron chi connectivity index (χ4n) is 1.18. The number of pyridine rings is 1. The predicted molar refractivity (Wildman–Crippen MR) is 66.8 cm³/mol. The minimum atomic E-state index is 0.439. The fraction of sp³-hybridized carbons (Fsp3) is 0.100. The third kappa shape index (κ3) is 2.51. The smallest absolute Gasteiger partial charge is 0.215 e. The van der Waals surface area contributed by atoms with Crippen LogP contribution >= 0.6 is 38.9 Å². The van der Waals surface area contributed by atoms with E-state index in [0.717, 1.165) is 14.9 Å². The maximum Gasteiger partial charge on any atom is 0.215 e. The van der Waals surface area contributed by atoms with Crippen molar-refractivity contribution in [3.05, 3.63) is 33.2 Å². The van der Waals surface area contributed by atoms with Crippen molar-refractivity contribution in [2.45, 2.75) is 0 Å². The second kappa shape index (κ2) is 4.51. The average molecular weight is 305 g/mol. The van der Waals surface area contributed by atoms with Gasteiger partial charge in [0, 0.05) is 26.4 Å². The lowest BCUT2D eigenvalue weighted by Crippen LogP contribution is -1.88. The number of nitrogens with zero attached hydrogens (tertiary/aromatic N) is 1. The molecule has 15 heavy (non-hydrogen) atoms. The number of hydrogen-bond donors (Lipinski definition) is 0. The van der Waals surface area contributed by atoms with Gasteiger partial charge in [0.1, 0.15) is 5.15 Å². The van der Waals surface area contributed by atoms with E-state index in [-0.39, 0.29) is 0 Å². The van der Waals surface area contributed by atoms with Gasteiger partial charge in [-0.2, -0.15) is 0 Å². The molecule has 0 aromatic carbocycles. The Morgan fingerprint density at radius 3 is 2.80 bits per heavy atom. The van der Waals surface area contributed by atoms with E-state index in [2.05, 4.69) is 20.9 Å². The lowest BCUT2D eigenvalue weighted by molar-refractivity contribution is 0.398. The molecule has 0 saturated heterocycles. The van der Waals surface area contributed by atoms with Gasteiger partial charge in [0.2, 0.25) is 5.88 Å². The quantitative estimate of drug-likeness (QED) is 0.774. The van der Waals surface area contributed by atoms with E-state index >= 15 is 0 Å². The van der Waals surface area contributed by atoms with Gasteiger partial charge in [0.05, 0.1) is 7.11 Å². The fourth-order valence-corrected chi connectivity index (χ4v) is 2.80. The van der Waals surface area contributed by atoms with Gasteiger partial charge in [-0.05, 0) is 28.1 Å². The molecule has 2 heterocycles. The van der Waals surface area contributed by atoms with E-state index in [0.29, 0.717) is 11.0 Å². The topological polar surface area (TPSA) is 22.1 Å². The van der Waals surface area contributed by atoms with E-state index in [1.165, 1.54) is 0 Å². The number of hydrogen-bond acceptors (Lipinski definition) is 3. The van der Waals surface area contributed by atoms with Gasteiger partial charge in [-0.25, -0.2) is 4.98 Å². The summed E-state index contributed by atoms with van der Waals surface area (Å²) in [6.45, 7) is 0. The minimum absolute atomic E-state index is 0.439. The van der Waals surface area contributed by atoms with Crippen LogP contribution in [0.15, 0.2) is 28.1 Å². The Bertz CT molecular complexity index is 486. The Labute approximate surface area is 105 Å². The molecule has 0 unspecified atom stereocenters. The molecule has 2 aromatic rings. The van der Waals surface area contributed by atoms with Gasteiger partial charge in [-0.1, -0.05) is 11.6 Å². The van der Waals surface area contributed by atoms with Crippen molar-refractivity contribution in [2.24, 2.45) is 0 Å². The molecule has 0 fully saturated rings. The van der Waals surface area contributed by atoms with Crippen LogP contribution in [0, 0.1) is 0 Å². The molecular weight excluding hydrogens is 298 g/mol. The molecule has 0 N–H and O–H groups in total. The Kier molecular flexibility index (Phi) is 3.29. The molecule has 2 nitrogen and oxygen atoms in total. The predicted octanol–water partition coefficient (Wildman–Crippen LogP) is 4.23. The first-order chi connectivity index (χ1) is 7.19. The SMILES string of the molecule is COc1cc(-c2cc(Br)cs2)cc(Cl)n1. The first-order valence-electron chi connectivity index (χ1n) is 4.15. The summed E-state index contributed by atoms with van der Waals surface area (Å²) in [6.07, 6.45) is 0. The third-order valence-electron chi connectivity index (χ3n) is 1.83. The zero-order valence-corrected chi connectivity index (χ0v) is 11.0. The van der Waals surface area contributed by atoms with Crippen LogP contribution in [0.25, 0.3) is 10.4 Å². The molecule has 0 bridgehead atoms. The van der Waals surface area contributed by atoms with Crippen molar-refractivity contribution in [3.63, 3.8) is 0 Å². The van der Waals surface area contributed by atoms with Crippen LogP contribution in [0.4, 0.5) is 0 Å². The van der Waals surface area contributed by atoms with Gasteiger partial charge in [0.15, 0.2) is 0 Å². The summed E-state index contributed by atoms with van der Waals surface area (Å²) in [5, 5.41) is 2.46. The van der Waals surface area contributed by atoms with Crippen LogP contribution in [-0.2, 0) is 0 Å². The lowest BCUT2D eigenvalue weighted by Gasteiger charge is -2.02. The Morgan fingerprint density at radius 2 is 2.20 bits per heavy atom. The summed E-state index contributed by atoms with van der Waals surface area (Å²) in [6, 6.07) is 5.72. The monoisotopic (exact) mass is 303 g/mol. The third-order valence-corrected chi connectivity index (χ3v) is 3.77. The van der Waals surface area contributed by atoms with Crippen LogP contribution in [-0.4, -0.2) is 12.1 Å². The number of ether oxygens (including phenoxy) is 1. The number of aromatic nitrogens is 1. The molecule has 5 heteroatoms. The molecular formula is C10H7BrClNOS. The molecule has 0 aliphatic rings. The van der Waals surface area contributed by atoms with E-state index in [9.17, 15) is 0 Å². The second-order valence-corrected chi connectivity index (χ2v) is 5.06. The highest BCUT2D eigenvalue weighted by molar-refractivity contribution is 9.10. The molecule has 0 atom stereocenters. The van der Waals surface area contributed by atoms with Crippen molar-refractivity contribution >= 4 is 38.9 Å². The average Bonchev–Trinajstić information content (AvgIpc) is 2.64. The summed E-state index contributed by atoms with van der Waals surface area (Å²) < 4.78 is 6.13. The van der Waals surface area contributed by atoms with Crippen LogP contribution in [0.2, 0.25) is 5.15 Å². The van der Waals surface area contributed by atoms with Crippen LogP contribution in [0.1, 0.15) is 0 Å². The molecule has 78 valence electrons. The standard InChI is InChI=1S/C10H7BrClNOS/c1-14-10-3-6(2-9(12)13-10)8-4-7(11)5-15-8/h2-5H,1H3. The molecule has 2 rings (SSSR count). The van der Waals surface area contributed by atoms with Gasteiger partial charge in [-0.15, -0.1) is 11.3 Å². The zero-order chi connectivity index (χ0) is 10.8. The van der Waals surface area contributed by atoms with Gasteiger partial charge in [0.25, 0.3) is 0 Å². The Hall–Kier alpha value is -0.580. The summed E-state index contributed by atoms with van der Waals surface area (Å²) in [7, 11) is 1.58. The summed E-state index contributed by atoms with van der Waals surface area (Å²) in [5.74, 6) is 0.530. The van der Waals surface area contributed by atoms with Gasteiger partial charge < -0.3 is 4.74 Å². The summed E-state index contributed by atoms with van der Waals surface area (Å²) in [4.78, 5) is 5.15. The number of halogens is 2. The minimum Gasteiger partial charge on any atom is -0.481 e. The number of thiophene rings is 1. The van der Waals surface area contributed by atoms with Gasteiger partial charge >= 0.3 is 0 Å². The highest BCUT2D eigenvalue weighted by Gasteiger charge is 2.05. The molecule has 0 aliphatic heterocycles. The normalized spacial score (nSPS) is 10.3. The van der Waals surface area contributed by atoms with Crippen molar-refractivity contribution in [1.29, 1.82) is 0 Å². The lowest BCUT2D eigenvalue weighted by atomic mass is 10.2. The maximum absolute atomic E-state index is 5.89. The van der Waals surface area contributed by atoms with E-state index in [1.807, 2.05) is 23.6 Å². The van der Waals surface area contributed by atoms with Crippen molar-refractivity contribution in [2.75, 3.05) is 7.11 Å². The number of rotatable bonds is 2. The van der Waals surface area contributed by atoms with Gasteiger partial charge in [-0.3, -0.25) is 0 Å². The molecule has 2 aromatic heterocycles. The molecule has 0 radical (unpaired) electrons. The molecule has 0 amide bonds. The van der Waals surface area contributed by atoms with E-state index in [4.69, 9.17) is 16.3 Å². The maximum atomic E-state index is 5.89. The largest absolute Gasteiger partial charge is 0.481 e. The Morgan fingerprint density at radius 1 is 1.40 bits per heavy atom. The summed E-state index contributed by atoms with van der Waals surface area (Å²) in [5.41, 5.74) is 1.02. The number of methoxy groups -OCH3 is 1. The van der Waals surface area contributed by atoms with Crippen molar-refractivity contribution in [1.82, 2.24) is 4.98 Å². The highest BCUT2D eigenvalue weighted by atomic mass is 79.9. The first-order valence-corrected chi connectivity index (χ1v) is 6.20. The summed E-state index contributed by atoms with van der Waals surface area (Å²) >= 11 is 10.9.